The first-order chi connectivity index (χ1) is 14.2. The van der Waals surface area contributed by atoms with Gasteiger partial charge in [0.05, 0.1) is 11.6 Å². The molecule has 10 heteroatoms. The summed E-state index contributed by atoms with van der Waals surface area (Å²) < 4.78 is 0. The Morgan fingerprint density at radius 3 is 2.86 bits per heavy atom. The molecule has 0 radical (unpaired) electrons. The Bertz CT molecular complexity index is 1040. The quantitative estimate of drug-likeness (QED) is 0.568. The SMILES string of the molecule is Cc1cc(Nc2nc(NC3CC4CC[C@@H](C3)N4CCC#N)nc3scnc23)n[nH]1. The van der Waals surface area contributed by atoms with Crippen molar-refractivity contribution in [1.82, 2.24) is 30.0 Å². The lowest BCUT2D eigenvalue weighted by Gasteiger charge is -2.38. The molecule has 0 aromatic carbocycles. The van der Waals surface area contributed by atoms with E-state index >= 15 is 0 Å². The summed E-state index contributed by atoms with van der Waals surface area (Å²) in [6.07, 6.45) is 5.17. The summed E-state index contributed by atoms with van der Waals surface area (Å²) >= 11 is 1.51. The minimum absolute atomic E-state index is 0.344. The molecule has 0 saturated carbocycles. The highest BCUT2D eigenvalue weighted by Gasteiger charge is 2.40. The fraction of sp³-hybridized carbons (Fsp3) is 0.526. The van der Waals surface area contributed by atoms with E-state index in [1.807, 2.05) is 13.0 Å². The zero-order valence-corrected chi connectivity index (χ0v) is 17.0. The molecule has 29 heavy (non-hydrogen) atoms. The van der Waals surface area contributed by atoms with E-state index in [1.54, 1.807) is 5.51 Å². The fourth-order valence-corrected chi connectivity index (χ4v) is 5.29. The van der Waals surface area contributed by atoms with Crippen LogP contribution in [0.2, 0.25) is 0 Å². The highest BCUT2D eigenvalue weighted by atomic mass is 32.1. The Morgan fingerprint density at radius 1 is 1.31 bits per heavy atom. The van der Waals surface area contributed by atoms with Crippen LogP contribution in [0.3, 0.4) is 0 Å². The largest absolute Gasteiger partial charge is 0.351 e. The molecule has 150 valence electrons. The van der Waals surface area contributed by atoms with Gasteiger partial charge < -0.3 is 10.6 Å². The van der Waals surface area contributed by atoms with Crippen LogP contribution < -0.4 is 10.6 Å². The van der Waals surface area contributed by atoms with Crippen molar-refractivity contribution in [3.8, 4) is 6.07 Å². The lowest BCUT2D eigenvalue weighted by Crippen LogP contribution is -2.47. The van der Waals surface area contributed by atoms with Crippen LogP contribution in [0.4, 0.5) is 17.6 Å². The highest BCUT2D eigenvalue weighted by molar-refractivity contribution is 7.16. The number of aryl methyl sites for hydroxylation is 1. The van der Waals surface area contributed by atoms with Gasteiger partial charge in [-0.1, -0.05) is 0 Å². The minimum Gasteiger partial charge on any atom is -0.351 e. The second-order valence-corrected chi connectivity index (χ2v) is 8.64. The summed E-state index contributed by atoms with van der Waals surface area (Å²) in [5.41, 5.74) is 3.53. The van der Waals surface area contributed by atoms with Crippen molar-refractivity contribution in [3.05, 3.63) is 17.3 Å². The van der Waals surface area contributed by atoms with Gasteiger partial charge in [0.1, 0.15) is 5.52 Å². The first-order valence-corrected chi connectivity index (χ1v) is 10.9. The number of fused-ring (bicyclic) bond motifs is 3. The van der Waals surface area contributed by atoms with E-state index in [4.69, 9.17) is 10.2 Å². The van der Waals surface area contributed by atoms with Crippen molar-refractivity contribution in [2.45, 2.75) is 57.2 Å². The molecule has 2 aliphatic rings. The molecule has 2 bridgehead atoms. The molecular formula is C19H23N9S. The number of hydrogen-bond acceptors (Lipinski definition) is 9. The molecule has 3 aromatic heterocycles. The van der Waals surface area contributed by atoms with Crippen molar-refractivity contribution in [2.24, 2.45) is 0 Å². The molecular weight excluding hydrogens is 386 g/mol. The molecule has 3 N–H and O–H groups in total. The van der Waals surface area contributed by atoms with E-state index in [0.29, 0.717) is 42.1 Å². The number of anilines is 3. The van der Waals surface area contributed by atoms with Gasteiger partial charge in [-0.15, -0.1) is 11.3 Å². The summed E-state index contributed by atoms with van der Waals surface area (Å²) in [6, 6.07) is 5.66. The number of rotatable bonds is 6. The average Bonchev–Trinajstić information content (AvgIpc) is 3.39. The Morgan fingerprint density at radius 2 is 2.14 bits per heavy atom. The molecule has 0 aliphatic carbocycles. The molecule has 2 unspecified atom stereocenters. The molecule has 3 atom stereocenters. The smallest absolute Gasteiger partial charge is 0.226 e. The number of aromatic nitrogens is 5. The van der Waals surface area contributed by atoms with Gasteiger partial charge in [0, 0.05) is 42.9 Å². The zero-order valence-electron chi connectivity index (χ0n) is 16.2. The lowest BCUT2D eigenvalue weighted by molar-refractivity contribution is 0.135. The molecule has 5 rings (SSSR count). The van der Waals surface area contributed by atoms with Gasteiger partial charge in [0.25, 0.3) is 0 Å². The predicted octanol–water partition coefficient (Wildman–Crippen LogP) is 3.18. The molecule has 2 saturated heterocycles. The predicted molar refractivity (Wildman–Crippen MR) is 112 cm³/mol. The average molecular weight is 410 g/mol. The number of thiazole rings is 1. The van der Waals surface area contributed by atoms with E-state index in [9.17, 15) is 0 Å². The highest BCUT2D eigenvalue weighted by Crippen LogP contribution is 2.37. The normalized spacial score (nSPS) is 23.9. The summed E-state index contributed by atoms with van der Waals surface area (Å²) in [6.45, 7) is 2.85. The van der Waals surface area contributed by atoms with Crippen molar-refractivity contribution in [3.63, 3.8) is 0 Å². The van der Waals surface area contributed by atoms with E-state index < -0.39 is 0 Å². The van der Waals surface area contributed by atoms with E-state index in [-0.39, 0.29) is 0 Å². The Balaban J connectivity index is 1.34. The van der Waals surface area contributed by atoms with Gasteiger partial charge in [-0.25, -0.2) is 9.97 Å². The van der Waals surface area contributed by atoms with Crippen LogP contribution in [0.5, 0.6) is 0 Å². The van der Waals surface area contributed by atoms with Crippen LogP contribution in [-0.4, -0.2) is 54.7 Å². The number of nitriles is 1. The minimum atomic E-state index is 0.344. The first kappa shape index (κ1) is 18.3. The van der Waals surface area contributed by atoms with Gasteiger partial charge in [0.2, 0.25) is 5.95 Å². The maximum atomic E-state index is 8.92. The van der Waals surface area contributed by atoms with Gasteiger partial charge in [-0.2, -0.15) is 15.3 Å². The van der Waals surface area contributed by atoms with Crippen LogP contribution in [0.25, 0.3) is 10.3 Å². The maximum absolute atomic E-state index is 8.92. The Hall–Kier alpha value is -2.77. The molecule has 0 spiro atoms. The van der Waals surface area contributed by atoms with Crippen LogP contribution in [0.15, 0.2) is 11.6 Å². The summed E-state index contributed by atoms with van der Waals surface area (Å²) in [4.78, 5) is 17.2. The summed E-state index contributed by atoms with van der Waals surface area (Å²) in [5.74, 6) is 2.01. The van der Waals surface area contributed by atoms with Crippen LogP contribution in [-0.2, 0) is 0 Å². The first-order valence-electron chi connectivity index (χ1n) is 9.99. The molecule has 0 amide bonds. The molecule has 2 aliphatic heterocycles. The summed E-state index contributed by atoms with van der Waals surface area (Å²) in [5, 5.41) is 22.9. The van der Waals surface area contributed by atoms with Crippen molar-refractivity contribution in [2.75, 3.05) is 17.2 Å². The van der Waals surface area contributed by atoms with Crippen molar-refractivity contribution < 1.29 is 0 Å². The van der Waals surface area contributed by atoms with Crippen molar-refractivity contribution in [1.29, 1.82) is 5.26 Å². The lowest BCUT2D eigenvalue weighted by atomic mass is 9.97. The molecule has 9 nitrogen and oxygen atoms in total. The number of H-pyrrole nitrogens is 1. The summed E-state index contributed by atoms with van der Waals surface area (Å²) in [7, 11) is 0. The molecule has 2 fully saturated rings. The van der Waals surface area contributed by atoms with Crippen LogP contribution in [0, 0.1) is 18.3 Å². The van der Waals surface area contributed by atoms with E-state index in [2.05, 4.69) is 41.8 Å². The van der Waals surface area contributed by atoms with Crippen LogP contribution >= 0.6 is 11.3 Å². The third-order valence-electron chi connectivity index (χ3n) is 5.85. The molecule has 3 aromatic rings. The number of nitrogens with one attached hydrogen (secondary N) is 3. The third kappa shape index (κ3) is 3.63. The fourth-order valence-electron chi connectivity index (χ4n) is 4.64. The van der Waals surface area contributed by atoms with Gasteiger partial charge >= 0.3 is 0 Å². The number of hydrogen-bond donors (Lipinski definition) is 3. The van der Waals surface area contributed by atoms with Crippen molar-refractivity contribution >= 4 is 39.3 Å². The van der Waals surface area contributed by atoms with E-state index in [1.165, 1.54) is 24.2 Å². The zero-order chi connectivity index (χ0) is 19.8. The van der Waals surface area contributed by atoms with Gasteiger partial charge in [0.15, 0.2) is 16.5 Å². The number of nitrogens with zero attached hydrogens (tertiary/aromatic N) is 6. The third-order valence-corrected chi connectivity index (χ3v) is 6.57. The number of aromatic amines is 1. The van der Waals surface area contributed by atoms with Crippen LogP contribution in [0.1, 0.15) is 37.8 Å². The molecule has 5 heterocycles. The topological polar surface area (TPSA) is 118 Å². The second-order valence-electron chi connectivity index (χ2n) is 7.81. The van der Waals surface area contributed by atoms with E-state index in [0.717, 1.165) is 35.4 Å². The Labute approximate surface area is 172 Å². The monoisotopic (exact) mass is 409 g/mol. The number of piperidine rings is 1. The standard InChI is InChI=1S/C19H23N9S/c1-11-7-15(27-26-11)23-17-16-18(29-10-21-16)25-19(24-17)22-12-8-13-3-4-14(9-12)28(13)6-2-5-20/h7,10,12-14H,2-4,6,8-9H2,1H3,(H3,22,23,24,25,26,27)/t12?,13-,14?/m0/s1. The Kier molecular flexibility index (Phi) is 4.77. The van der Waals surface area contributed by atoms with Gasteiger partial charge in [-0.05, 0) is 32.6 Å². The maximum Gasteiger partial charge on any atom is 0.226 e. The van der Waals surface area contributed by atoms with Gasteiger partial charge in [-0.3, -0.25) is 10.00 Å². The second kappa shape index (κ2) is 7.57.